The van der Waals surface area contributed by atoms with Crippen LogP contribution in [0, 0.1) is 34.6 Å². The molecule has 0 aliphatic carbocycles. The van der Waals surface area contributed by atoms with Gasteiger partial charge in [-0.15, -0.1) is 0 Å². The second-order valence-electron chi connectivity index (χ2n) is 3.12. The van der Waals surface area contributed by atoms with Gasteiger partial charge in [0.05, 0.1) is 0 Å². The molecule has 1 rings (SSSR count). The standard InChI is InChI=1S/C10H15.Os/c1-6-7(2)9(4)10(5)8(6)3;/h1-5H3;/q-1;+1. The molecule has 11 heavy (non-hydrogen) atoms. The van der Waals surface area contributed by atoms with Crippen molar-refractivity contribution in [3.8, 4) is 0 Å². The summed E-state index contributed by atoms with van der Waals surface area (Å²) in [4.78, 5) is 0. The zero-order valence-electron chi connectivity index (χ0n) is 7.85. The number of rotatable bonds is 0. The Morgan fingerprint density at radius 2 is 1.09 bits per heavy atom. The molecule has 63 valence electrons. The average molecular weight is 325 g/mol. The summed E-state index contributed by atoms with van der Waals surface area (Å²) < 4.78 is 0. The SMILES string of the molecule is Cc1c(C)c(C)[c-](C)c1C.[Os+]. The van der Waals surface area contributed by atoms with Crippen molar-refractivity contribution in [3.05, 3.63) is 27.8 Å². The quantitative estimate of drug-likeness (QED) is 0.644. The van der Waals surface area contributed by atoms with Gasteiger partial charge in [-0.1, -0.05) is 34.6 Å². The third-order valence-corrected chi connectivity index (χ3v) is 2.81. The Morgan fingerprint density at radius 3 is 1.18 bits per heavy atom. The first-order chi connectivity index (χ1) is 4.55. The van der Waals surface area contributed by atoms with Crippen LogP contribution in [0.3, 0.4) is 0 Å². The molecule has 0 aromatic heterocycles. The van der Waals surface area contributed by atoms with Crippen LogP contribution in [0.15, 0.2) is 0 Å². The van der Waals surface area contributed by atoms with E-state index in [2.05, 4.69) is 34.6 Å². The third-order valence-electron chi connectivity index (χ3n) is 2.81. The van der Waals surface area contributed by atoms with Crippen molar-refractivity contribution in [3.63, 3.8) is 0 Å². The summed E-state index contributed by atoms with van der Waals surface area (Å²) in [5.41, 5.74) is 7.34. The summed E-state index contributed by atoms with van der Waals surface area (Å²) in [5, 5.41) is 0. The first-order valence-corrected chi connectivity index (χ1v) is 3.75. The maximum atomic E-state index is 2.20. The minimum Gasteiger partial charge on any atom is -0.196 e. The molecule has 0 saturated carbocycles. The van der Waals surface area contributed by atoms with Gasteiger partial charge >= 0.3 is 19.8 Å². The molecule has 0 unspecified atom stereocenters. The fourth-order valence-electron chi connectivity index (χ4n) is 1.41. The van der Waals surface area contributed by atoms with E-state index < -0.39 is 0 Å². The molecule has 0 N–H and O–H groups in total. The van der Waals surface area contributed by atoms with E-state index in [9.17, 15) is 0 Å². The summed E-state index contributed by atoms with van der Waals surface area (Å²) in [7, 11) is 0. The zero-order chi connectivity index (χ0) is 7.89. The number of hydrogen-bond donors (Lipinski definition) is 0. The van der Waals surface area contributed by atoms with Gasteiger partial charge in [0.1, 0.15) is 0 Å². The molecule has 0 amide bonds. The van der Waals surface area contributed by atoms with Crippen LogP contribution in [0.4, 0.5) is 0 Å². The van der Waals surface area contributed by atoms with Crippen molar-refractivity contribution in [1.82, 2.24) is 0 Å². The van der Waals surface area contributed by atoms with E-state index in [1.165, 1.54) is 27.8 Å². The molecule has 1 aromatic rings. The predicted octanol–water partition coefficient (Wildman–Crippen LogP) is 2.95. The van der Waals surface area contributed by atoms with Crippen molar-refractivity contribution >= 4 is 0 Å². The monoisotopic (exact) mass is 327 g/mol. The van der Waals surface area contributed by atoms with Crippen molar-refractivity contribution in [2.75, 3.05) is 0 Å². The van der Waals surface area contributed by atoms with Gasteiger partial charge in [0.2, 0.25) is 0 Å². The summed E-state index contributed by atoms with van der Waals surface area (Å²) in [5.74, 6) is 0. The first kappa shape index (κ1) is 11.0. The van der Waals surface area contributed by atoms with Gasteiger partial charge in [-0.25, -0.2) is 0 Å². The van der Waals surface area contributed by atoms with E-state index in [4.69, 9.17) is 0 Å². The molecule has 0 spiro atoms. The number of hydrogen-bond acceptors (Lipinski definition) is 0. The summed E-state index contributed by atoms with van der Waals surface area (Å²) >= 11 is 0. The predicted molar refractivity (Wildman–Crippen MR) is 45.7 cm³/mol. The van der Waals surface area contributed by atoms with Gasteiger partial charge in [-0.2, -0.15) is 27.8 Å². The Balaban J connectivity index is 0.000001000. The Kier molecular flexibility index (Phi) is 3.59. The van der Waals surface area contributed by atoms with E-state index in [0.29, 0.717) is 0 Å². The van der Waals surface area contributed by atoms with E-state index >= 15 is 0 Å². The fourth-order valence-corrected chi connectivity index (χ4v) is 1.41. The second kappa shape index (κ2) is 3.59. The van der Waals surface area contributed by atoms with E-state index in [-0.39, 0.29) is 19.8 Å². The van der Waals surface area contributed by atoms with Crippen LogP contribution in [-0.2, 0) is 19.8 Å². The molecule has 0 atom stereocenters. The van der Waals surface area contributed by atoms with Crippen molar-refractivity contribution in [1.29, 1.82) is 0 Å². The third kappa shape index (κ3) is 1.59. The largest absolute Gasteiger partial charge is 1.00 e. The van der Waals surface area contributed by atoms with Gasteiger partial charge in [0.25, 0.3) is 0 Å². The van der Waals surface area contributed by atoms with Crippen molar-refractivity contribution in [2.45, 2.75) is 34.6 Å². The van der Waals surface area contributed by atoms with Gasteiger partial charge in [0, 0.05) is 0 Å². The van der Waals surface area contributed by atoms with Gasteiger partial charge in [0.15, 0.2) is 0 Å². The Bertz CT molecular complexity index is 176. The minimum atomic E-state index is 0. The van der Waals surface area contributed by atoms with Crippen molar-refractivity contribution in [2.24, 2.45) is 0 Å². The smallest absolute Gasteiger partial charge is 0.196 e. The van der Waals surface area contributed by atoms with Crippen LogP contribution in [0.5, 0.6) is 0 Å². The van der Waals surface area contributed by atoms with Crippen LogP contribution in [0.2, 0.25) is 0 Å². The fraction of sp³-hybridized carbons (Fsp3) is 0.500. The summed E-state index contributed by atoms with van der Waals surface area (Å²) in [6, 6.07) is 0. The maximum absolute atomic E-state index is 2.20. The Labute approximate surface area is 82.4 Å². The van der Waals surface area contributed by atoms with E-state index in [1.54, 1.807) is 0 Å². The summed E-state index contributed by atoms with van der Waals surface area (Å²) in [6.07, 6.45) is 0. The van der Waals surface area contributed by atoms with Crippen molar-refractivity contribution < 1.29 is 19.8 Å². The molecular formula is C10H15Os. The normalized spacial score (nSPS) is 9.55. The van der Waals surface area contributed by atoms with Crippen LogP contribution in [0.1, 0.15) is 27.8 Å². The van der Waals surface area contributed by atoms with Crippen LogP contribution in [0.25, 0.3) is 0 Å². The first-order valence-electron chi connectivity index (χ1n) is 3.75. The van der Waals surface area contributed by atoms with Crippen LogP contribution < -0.4 is 0 Å². The molecule has 0 aliphatic heterocycles. The topological polar surface area (TPSA) is 0 Å². The molecule has 0 fully saturated rings. The zero-order valence-corrected chi connectivity index (χ0v) is 10.4. The Hall–Kier alpha value is -0.0136. The van der Waals surface area contributed by atoms with Gasteiger partial charge in [-0.05, 0) is 0 Å². The molecule has 1 radical (unpaired) electrons. The van der Waals surface area contributed by atoms with Gasteiger partial charge < -0.3 is 0 Å². The van der Waals surface area contributed by atoms with Crippen LogP contribution in [-0.4, -0.2) is 0 Å². The minimum absolute atomic E-state index is 0. The van der Waals surface area contributed by atoms with E-state index in [1.807, 2.05) is 0 Å². The second-order valence-corrected chi connectivity index (χ2v) is 3.12. The maximum Gasteiger partial charge on any atom is 1.00 e. The molecule has 0 bridgehead atoms. The molecule has 1 heteroatoms. The molecule has 0 saturated heterocycles. The molecule has 0 nitrogen and oxygen atoms in total. The average Bonchev–Trinajstić information content (AvgIpc) is 2.07. The molecular weight excluding hydrogens is 310 g/mol. The molecule has 1 aromatic carbocycles. The van der Waals surface area contributed by atoms with Crippen LogP contribution >= 0.6 is 0 Å². The molecule has 0 aliphatic rings. The Morgan fingerprint density at radius 1 is 0.818 bits per heavy atom. The van der Waals surface area contributed by atoms with E-state index in [0.717, 1.165) is 0 Å². The van der Waals surface area contributed by atoms with Gasteiger partial charge in [-0.3, -0.25) is 0 Å². The molecule has 0 heterocycles. The summed E-state index contributed by atoms with van der Waals surface area (Å²) in [6.45, 7) is 11.0.